The summed E-state index contributed by atoms with van der Waals surface area (Å²) in [4.78, 5) is 5.71. The molecule has 0 N–H and O–H groups in total. The minimum atomic E-state index is 0.854. The predicted molar refractivity (Wildman–Crippen MR) is 293 cm³/mol. The Morgan fingerprint density at radius 2 is 0.913 bits per heavy atom. The van der Waals surface area contributed by atoms with Gasteiger partial charge in [-0.3, -0.25) is 0 Å². The van der Waals surface area contributed by atoms with Gasteiger partial charge in [0.15, 0.2) is 0 Å². The minimum Gasteiger partial charge on any atom is -0.309 e. The summed E-state index contributed by atoms with van der Waals surface area (Å²) < 4.78 is 5.01. The molecule has 0 fully saturated rings. The first-order chi connectivity index (χ1) is 34.2. The van der Waals surface area contributed by atoms with Crippen LogP contribution in [0, 0.1) is 0 Å². The highest BCUT2D eigenvalue weighted by molar-refractivity contribution is 6.27. The fourth-order valence-corrected chi connectivity index (χ4v) is 12.4. The maximum atomic E-state index is 5.71. The maximum absolute atomic E-state index is 5.71. The highest BCUT2D eigenvalue weighted by Crippen LogP contribution is 2.45. The molecule has 15 aromatic rings. The van der Waals surface area contributed by atoms with Gasteiger partial charge < -0.3 is 9.13 Å². The molecule has 1 aliphatic carbocycles. The summed E-state index contributed by atoms with van der Waals surface area (Å²) >= 11 is 0. The molecule has 0 atom stereocenters. The minimum absolute atomic E-state index is 0.854. The number of para-hydroxylation sites is 2. The summed E-state index contributed by atoms with van der Waals surface area (Å²) in [7, 11) is 0. The zero-order valence-electron chi connectivity index (χ0n) is 37.4. The molecule has 0 radical (unpaired) electrons. The lowest BCUT2D eigenvalue weighted by Gasteiger charge is -2.17. The van der Waals surface area contributed by atoms with E-state index in [1.54, 1.807) is 0 Å². The summed E-state index contributed by atoms with van der Waals surface area (Å²) in [6.07, 6.45) is 5.47. The number of hydrogen-bond donors (Lipinski definition) is 0. The second-order valence-electron chi connectivity index (χ2n) is 19.0. The molecule has 0 saturated carbocycles. The van der Waals surface area contributed by atoms with Gasteiger partial charge in [-0.05, 0) is 137 Å². The number of nitrogens with zero attached hydrogens (tertiary/aromatic N) is 3. The van der Waals surface area contributed by atoms with Crippen LogP contribution in [0.1, 0.15) is 11.1 Å². The lowest BCUT2D eigenvalue weighted by atomic mass is 9.91. The van der Waals surface area contributed by atoms with Crippen LogP contribution in [0.15, 0.2) is 218 Å². The third-order valence-corrected chi connectivity index (χ3v) is 15.3. The Kier molecular flexibility index (Phi) is 7.40. The molecular formula is C66H39N3. The van der Waals surface area contributed by atoms with Crippen molar-refractivity contribution in [1.82, 2.24) is 14.1 Å². The smallest absolute Gasteiger partial charge is 0.0730 e. The Morgan fingerprint density at radius 3 is 1.68 bits per heavy atom. The second kappa shape index (κ2) is 13.8. The summed E-state index contributed by atoms with van der Waals surface area (Å²) in [5, 5.41) is 20.2. The third kappa shape index (κ3) is 5.19. The average molecular weight is 874 g/mol. The van der Waals surface area contributed by atoms with Crippen molar-refractivity contribution in [2.75, 3.05) is 0 Å². The third-order valence-electron chi connectivity index (χ3n) is 15.3. The largest absolute Gasteiger partial charge is 0.309 e. The first-order valence-corrected chi connectivity index (χ1v) is 24.0. The van der Waals surface area contributed by atoms with Crippen LogP contribution in [0.5, 0.6) is 0 Å². The number of aromatic nitrogens is 3. The first-order valence-electron chi connectivity index (χ1n) is 24.0. The molecule has 12 aromatic carbocycles. The molecule has 3 aromatic heterocycles. The number of pyridine rings is 1. The van der Waals surface area contributed by atoms with E-state index in [9.17, 15) is 0 Å². The molecule has 0 bridgehead atoms. The van der Waals surface area contributed by atoms with Crippen molar-refractivity contribution in [1.29, 1.82) is 0 Å². The van der Waals surface area contributed by atoms with Crippen molar-refractivity contribution in [3.8, 4) is 33.9 Å². The highest BCUT2D eigenvalue weighted by Gasteiger charge is 2.23. The van der Waals surface area contributed by atoms with Gasteiger partial charge in [-0.25, -0.2) is 4.98 Å². The fourth-order valence-electron chi connectivity index (χ4n) is 12.4. The molecule has 69 heavy (non-hydrogen) atoms. The van der Waals surface area contributed by atoms with Crippen LogP contribution in [-0.2, 0) is 6.42 Å². The number of fused-ring (bicyclic) bond motifs is 8. The maximum Gasteiger partial charge on any atom is 0.0730 e. The molecule has 16 rings (SSSR count). The lowest BCUT2D eigenvalue weighted by molar-refractivity contribution is 1.16. The standard InChI is InChI=1S/C66H39N3/c1-2-19-51-39(11-1)12-10-24-57(51)69-59-23-6-4-21-54(59)65-60(69)32-31-53-52-20-3-5-22-58(52)68(66(53)65)50-37-55(48-33-44-18-9-14-40-13-7-15-41-25-28-45(34-48)63(44)61(40)41)67-56(38-50)49-35-46-29-26-42-16-8-17-43-27-30-47(36-49)64(46)62(42)43/h1-17,19-38H,18H2. The average Bonchev–Trinajstić information content (AvgIpc) is 3.84. The van der Waals surface area contributed by atoms with Crippen LogP contribution in [0.3, 0.4) is 0 Å². The van der Waals surface area contributed by atoms with Crippen LogP contribution in [0.4, 0.5) is 0 Å². The van der Waals surface area contributed by atoms with E-state index in [4.69, 9.17) is 4.98 Å². The number of rotatable bonds is 4. The molecule has 318 valence electrons. The number of hydrogen-bond acceptors (Lipinski definition) is 1. The topological polar surface area (TPSA) is 22.8 Å². The number of benzene rings is 12. The summed E-state index contributed by atoms with van der Waals surface area (Å²) in [5.74, 6) is 0. The van der Waals surface area contributed by atoms with E-state index in [-0.39, 0.29) is 0 Å². The van der Waals surface area contributed by atoms with Crippen molar-refractivity contribution in [2.45, 2.75) is 6.42 Å². The molecule has 0 unspecified atom stereocenters. The monoisotopic (exact) mass is 873 g/mol. The van der Waals surface area contributed by atoms with Crippen molar-refractivity contribution in [2.24, 2.45) is 0 Å². The second-order valence-corrected chi connectivity index (χ2v) is 19.0. The molecule has 0 spiro atoms. The van der Waals surface area contributed by atoms with Crippen LogP contribution in [0.2, 0.25) is 0 Å². The van der Waals surface area contributed by atoms with E-state index in [0.717, 1.165) is 40.1 Å². The van der Waals surface area contributed by atoms with E-state index in [0.29, 0.717) is 0 Å². The Bertz CT molecular complexity index is 4680. The molecule has 0 amide bonds. The Balaban J connectivity index is 1.02. The number of allylic oxidation sites excluding steroid dienone is 1. The van der Waals surface area contributed by atoms with Crippen molar-refractivity contribution in [3.63, 3.8) is 0 Å². The predicted octanol–water partition coefficient (Wildman–Crippen LogP) is 17.5. The zero-order valence-corrected chi connectivity index (χ0v) is 37.4. The summed E-state index contributed by atoms with van der Waals surface area (Å²) in [6.45, 7) is 0. The van der Waals surface area contributed by atoms with Gasteiger partial charge in [-0.15, -0.1) is 0 Å². The van der Waals surface area contributed by atoms with E-state index in [1.165, 1.54) is 120 Å². The Labute approximate surface area is 396 Å². The summed E-state index contributed by atoms with van der Waals surface area (Å²) in [5.41, 5.74) is 13.7. The SMILES string of the molecule is C1=Cc2cccc3ccc4cc(-c5cc(-n6c7ccccc7c7ccc8c(c9ccccc9n8-c8cccc9ccccc89)c76)cc(-c6cc7ccc8cccc9ccc(c6)c7c89)n5)cc(c4c23)C1. The van der Waals surface area contributed by atoms with Gasteiger partial charge in [0.05, 0.1) is 44.8 Å². The van der Waals surface area contributed by atoms with Gasteiger partial charge in [0.1, 0.15) is 0 Å². The first kappa shape index (κ1) is 37.1. The van der Waals surface area contributed by atoms with Gasteiger partial charge in [0, 0.05) is 38.1 Å². The van der Waals surface area contributed by atoms with Gasteiger partial charge >= 0.3 is 0 Å². The molecule has 0 aliphatic heterocycles. The normalized spacial score (nSPS) is 12.8. The molecular weight excluding hydrogens is 835 g/mol. The Hall–Kier alpha value is -9.05. The van der Waals surface area contributed by atoms with E-state index < -0.39 is 0 Å². The zero-order chi connectivity index (χ0) is 44.9. The van der Waals surface area contributed by atoms with Crippen LogP contribution < -0.4 is 0 Å². The van der Waals surface area contributed by atoms with Crippen molar-refractivity contribution in [3.05, 3.63) is 230 Å². The quantitative estimate of drug-likeness (QED) is 0.162. The van der Waals surface area contributed by atoms with Crippen LogP contribution in [-0.4, -0.2) is 14.1 Å². The van der Waals surface area contributed by atoms with Gasteiger partial charge in [0.2, 0.25) is 0 Å². The molecule has 3 heteroatoms. The highest BCUT2D eigenvalue weighted by atomic mass is 15.0. The van der Waals surface area contributed by atoms with E-state index in [1.807, 2.05) is 0 Å². The molecule has 1 aliphatic rings. The van der Waals surface area contributed by atoms with Gasteiger partial charge in [-0.2, -0.15) is 0 Å². The fraction of sp³-hybridized carbons (Fsp3) is 0.0152. The Morgan fingerprint density at radius 1 is 0.348 bits per heavy atom. The van der Waals surface area contributed by atoms with Crippen LogP contribution >= 0.6 is 0 Å². The van der Waals surface area contributed by atoms with Crippen molar-refractivity contribution >= 4 is 114 Å². The van der Waals surface area contributed by atoms with Gasteiger partial charge in [-0.1, -0.05) is 164 Å². The van der Waals surface area contributed by atoms with Crippen molar-refractivity contribution < 1.29 is 0 Å². The lowest BCUT2D eigenvalue weighted by Crippen LogP contribution is -2.00. The van der Waals surface area contributed by atoms with Gasteiger partial charge in [0.25, 0.3) is 0 Å². The van der Waals surface area contributed by atoms with E-state index in [2.05, 4.69) is 234 Å². The van der Waals surface area contributed by atoms with Crippen LogP contribution in [0.25, 0.3) is 148 Å². The van der Waals surface area contributed by atoms with E-state index >= 15 is 0 Å². The molecule has 3 heterocycles. The molecule has 3 nitrogen and oxygen atoms in total. The molecule has 0 saturated heterocycles. The summed E-state index contributed by atoms with van der Waals surface area (Å²) in [6, 6.07) is 79.1.